The Kier molecular flexibility index (Phi) is 1.99. The third-order valence-corrected chi connectivity index (χ3v) is 3.34. The van der Waals surface area contributed by atoms with E-state index in [1.165, 1.54) is 16.7 Å². The lowest BCUT2D eigenvalue weighted by molar-refractivity contribution is 0.527. The molecule has 82 valence electrons. The number of nitrogens with zero attached hydrogens (tertiary/aromatic N) is 2. The zero-order valence-electron chi connectivity index (χ0n) is 9.35. The van der Waals surface area contributed by atoms with Crippen LogP contribution in [0.5, 0.6) is 0 Å². The molecule has 2 aromatic rings. The van der Waals surface area contributed by atoms with Crippen LogP contribution in [0.3, 0.4) is 0 Å². The Hall–Kier alpha value is -1.77. The summed E-state index contributed by atoms with van der Waals surface area (Å²) in [7, 11) is 0. The van der Waals surface area contributed by atoms with Crippen molar-refractivity contribution < 1.29 is 0 Å². The Morgan fingerprint density at radius 1 is 1.38 bits per heavy atom. The molecule has 1 aliphatic carbocycles. The van der Waals surface area contributed by atoms with Gasteiger partial charge in [-0.1, -0.05) is 23.8 Å². The number of hydrogen-bond acceptors (Lipinski definition) is 2. The van der Waals surface area contributed by atoms with Gasteiger partial charge in [-0.2, -0.15) is 5.10 Å². The average molecular weight is 213 g/mol. The summed E-state index contributed by atoms with van der Waals surface area (Å²) in [5, 5.41) is 4.32. The maximum atomic E-state index is 5.92. The van der Waals surface area contributed by atoms with E-state index in [1.54, 1.807) is 6.20 Å². The molecule has 1 heterocycles. The molecular weight excluding hydrogens is 198 g/mol. The van der Waals surface area contributed by atoms with E-state index in [9.17, 15) is 0 Å². The molecule has 0 saturated carbocycles. The Bertz CT molecular complexity index is 528. The molecule has 1 aromatic carbocycles. The highest BCUT2D eigenvalue weighted by Crippen LogP contribution is 2.35. The molecule has 0 fully saturated rings. The number of rotatable bonds is 1. The minimum absolute atomic E-state index is 0.324. The molecule has 2 N–H and O–H groups in total. The van der Waals surface area contributed by atoms with Gasteiger partial charge in [-0.25, -0.2) is 4.68 Å². The third kappa shape index (κ3) is 1.32. The first-order valence-corrected chi connectivity index (χ1v) is 5.64. The number of fused-ring (bicyclic) bond motifs is 1. The van der Waals surface area contributed by atoms with Gasteiger partial charge in [-0.3, -0.25) is 0 Å². The normalized spacial score (nSPS) is 18.7. The van der Waals surface area contributed by atoms with E-state index in [4.69, 9.17) is 5.73 Å². The molecular formula is C13H15N3. The van der Waals surface area contributed by atoms with E-state index >= 15 is 0 Å². The Balaban J connectivity index is 2.09. The fourth-order valence-electron chi connectivity index (χ4n) is 2.54. The smallest absolute Gasteiger partial charge is 0.122 e. The summed E-state index contributed by atoms with van der Waals surface area (Å²) in [6, 6.07) is 8.84. The maximum absolute atomic E-state index is 5.92. The van der Waals surface area contributed by atoms with Crippen LogP contribution in [0.1, 0.15) is 29.2 Å². The van der Waals surface area contributed by atoms with Crippen LogP contribution in [0.2, 0.25) is 0 Å². The van der Waals surface area contributed by atoms with Gasteiger partial charge < -0.3 is 5.73 Å². The molecule has 1 aromatic heterocycles. The van der Waals surface area contributed by atoms with E-state index in [0.717, 1.165) is 18.7 Å². The quantitative estimate of drug-likeness (QED) is 0.790. The predicted octanol–water partition coefficient (Wildman–Crippen LogP) is 2.31. The summed E-state index contributed by atoms with van der Waals surface area (Å²) in [5.74, 6) is 0.749. The van der Waals surface area contributed by atoms with Crippen LogP contribution in [0.25, 0.3) is 0 Å². The van der Waals surface area contributed by atoms with Crippen molar-refractivity contribution in [3.8, 4) is 0 Å². The molecule has 1 aliphatic rings. The van der Waals surface area contributed by atoms with E-state index < -0.39 is 0 Å². The Labute approximate surface area is 94.9 Å². The van der Waals surface area contributed by atoms with Crippen LogP contribution in [0.15, 0.2) is 30.5 Å². The highest BCUT2D eigenvalue weighted by molar-refractivity contribution is 5.40. The van der Waals surface area contributed by atoms with Gasteiger partial charge in [0.15, 0.2) is 0 Å². The maximum Gasteiger partial charge on any atom is 0.122 e. The SMILES string of the molecule is Cc1ccc2c(c1)C(n1nccc1N)CC2. The van der Waals surface area contributed by atoms with Gasteiger partial charge in [0.25, 0.3) is 0 Å². The van der Waals surface area contributed by atoms with Gasteiger partial charge in [0, 0.05) is 0 Å². The molecule has 0 radical (unpaired) electrons. The minimum Gasteiger partial charge on any atom is -0.384 e. The van der Waals surface area contributed by atoms with Crippen molar-refractivity contribution in [2.24, 2.45) is 0 Å². The van der Waals surface area contributed by atoms with Crippen molar-refractivity contribution in [3.05, 3.63) is 47.2 Å². The average Bonchev–Trinajstić information content (AvgIpc) is 2.83. The second kappa shape index (κ2) is 3.37. The molecule has 0 bridgehead atoms. The summed E-state index contributed by atoms with van der Waals surface area (Å²) < 4.78 is 1.94. The van der Waals surface area contributed by atoms with Gasteiger partial charge in [0.2, 0.25) is 0 Å². The number of hydrogen-bond donors (Lipinski definition) is 1. The Morgan fingerprint density at radius 2 is 2.25 bits per heavy atom. The van der Waals surface area contributed by atoms with Crippen LogP contribution >= 0.6 is 0 Å². The van der Waals surface area contributed by atoms with Gasteiger partial charge in [-0.15, -0.1) is 0 Å². The lowest BCUT2D eigenvalue weighted by atomic mass is 10.1. The van der Waals surface area contributed by atoms with E-state index in [1.807, 2.05) is 10.7 Å². The van der Waals surface area contributed by atoms with Gasteiger partial charge in [0.1, 0.15) is 5.82 Å². The minimum atomic E-state index is 0.324. The molecule has 1 atom stereocenters. The van der Waals surface area contributed by atoms with Gasteiger partial charge >= 0.3 is 0 Å². The summed E-state index contributed by atoms with van der Waals surface area (Å²) in [5.41, 5.74) is 10.0. The second-order valence-corrected chi connectivity index (χ2v) is 4.46. The molecule has 0 amide bonds. The molecule has 0 saturated heterocycles. The van der Waals surface area contributed by atoms with Crippen LogP contribution in [0, 0.1) is 6.92 Å². The zero-order chi connectivity index (χ0) is 11.1. The van der Waals surface area contributed by atoms with E-state index in [0.29, 0.717) is 6.04 Å². The van der Waals surface area contributed by atoms with Crippen LogP contribution in [-0.4, -0.2) is 9.78 Å². The molecule has 0 aliphatic heterocycles. The third-order valence-electron chi connectivity index (χ3n) is 3.34. The first-order chi connectivity index (χ1) is 7.75. The number of nitrogen functional groups attached to an aromatic ring is 1. The van der Waals surface area contributed by atoms with Crippen LogP contribution in [0.4, 0.5) is 5.82 Å². The lowest BCUT2D eigenvalue weighted by Crippen LogP contribution is -2.11. The highest BCUT2D eigenvalue weighted by atomic mass is 15.3. The number of anilines is 1. The molecule has 16 heavy (non-hydrogen) atoms. The number of benzene rings is 1. The van der Waals surface area contributed by atoms with Crippen molar-refractivity contribution in [1.29, 1.82) is 0 Å². The first-order valence-electron chi connectivity index (χ1n) is 5.64. The predicted molar refractivity (Wildman–Crippen MR) is 64.3 cm³/mol. The number of aryl methyl sites for hydroxylation is 2. The van der Waals surface area contributed by atoms with Gasteiger partial charge in [0.05, 0.1) is 12.2 Å². The summed E-state index contributed by atoms with van der Waals surface area (Å²) in [4.78, 5) is 0. The summed E-state index contributed by atoms with van der Waals surface area (Å²) >= 11 is 0. The molecule has 3 rings (SSSR count). The van der Waals surface area contributed by atoms with Crippen molar-refractivity contribution in [3.63, 3.8) is 0 Å². The Morgan fingerprint density at radius 3 is 3.00 bits per heavy atom. The molecule has 3 heteroatoms. The van der Waals surface area contributed by atoms with Crippen molar-refractivity contribution in [2.45, 2.75) is 25.8 Å². The second-order valence-electron chi connectivity index (χ2n) is 4.46. The van der Waals surface area contributed by atoms with Crippen molar-refractivity contribution in [1.82, 2.24) is 9.78 Å². The fourth-order valence-corrected chi connectivity index (χ4v) is 2.54. The zero-order valence-corrected chi connectivity index (χ0v) is 9.35. The monoisotopic (exact) mass is 213 g/mol. The largest absolute Gasteiger partial charge is 0.384 e. The number of nitrogens with two attached hydrogens (primary N) is 1. The summed E-state index contributed by atoms with van der Waals surface area (Å²) in [6.45, 7) is 2.13. The van der Waals surface area contributed by atoms with Crippen molar-refractivity contribution in [2.75, 3.05) is 5.73 Å². The van der Waals surface area contributed by atoms with Crippen molar-refractivity contribution >= 4 is 5.82 Å². The van der Waals surface area contributed by atoms with Crippen LogP contribution < -0.4 is 5.73 Å². The van der Waals surface area contributed by atoms with E-state index in [2.05, 4.69) is 30.2 Å². The lowest BCUT2D eigenvalue weighted by Gasteiger charge is -2.14. The van der Waals surface area contributed by atoms with E-state index in [-0.39, 0.29) is 0 Å². The first kappa shape index (κ1) is 9.46. The standard InChI is InChI=1S/C13H15N3/c1-9-2-3-10-4-5-12(11(10)8-9)16-13(14)6-7-15-16/h2-3,6-8,12H,4-5,14H2,1H3. The fraction of sp³-hybridized carbons (Fsp3) is 0.308. The molecule has 1 unspecified atom stereocenters. The summed E-state index contributed by atoms with van der Waals surface area (Å²) in [6.07, 6.45) is 3.99. The topological polar surface area (TPSA) is 43.8 Å². The van der Waals surface area contributed by atoms with Gasteiger partial charge in [-0.05, 0) is 37.0 Å². The number of aromatic nitrogens is 2. The molecule has 0 spiro atoms. The highest BCUT2D eigenvalue weighted by Gasteiger charge is 2.25. The molecule has 3 nitrogen and oxygen atoms in total. The van der Waals surface area contributed by atoms with Crippen LogP contribution in [-0.2, 0) is 6.42 Å².